The molecule has 1 aliphatic heterocycles. The highest BCUT2D eigenvalue weighted by molar-refractivity contribution is 6.18. The molecule has 0 aliphatic carbocycles. The van der Waals surface area contributed by atoms with Crippen LogP contribution in [0.25, 0.3) is 0 Å². The van der Waals surface area contributed by atoms with E-state index in [0.29, 0.717) is 6.42 Å². The summed E-state index contributed by atoms with van der Waals surface area (Å²) < 4.78 is 0. The van der Waals surface area contributed by atoms with Crippen LogP contribution in [0.3, 0.4) is 0 Å². The number of nitrogens with zero attached hydrogens (tertiary/aromatic N) is 1. The Hall–Kier alpha value is -0.770. The monoisotopic (exact) mass is 191 g/mol. The maximum atomic E-state index is 10.9. The van der Waals surface area contributed by atoms with Crippen molar-refractivity contribution in [2.24, 2.45) is 0 Å². The molecule has 1 heterocycles. The largest absolute Gasteiger partial charge is 0.465 e. The Morgan fingerprint density at radius 3 is 2.92 bits per heavy atom. The molecule has 5 heteroatoms. The lowest BCUT2D eigenvalue weighted by Gasteiger charge is -2.31. The highest BCUT2D eigenvalue weighted by atomic mass is 35.5. The fraction of sp³-hybridized carbons (Fsp3) is 0.714. The van der Waals surface area contributed by atoms with E-state index >= 15 is 0 Å². The number of piperidine rings is 1. The number of Topliss-reactive ketones (excluding diaryl/α,β-unsaturated/α-hetero) is 1. The van der Waals surface area contributed by atoms with Crippen molar-refractivity contribution in [3.63, 3.8) is 0 Å². The molecule has 1 saturated heterocycles. The highest BCUT2D eigenvalue weighted by Crippen LogP contribution is 2.15. The number of carboxylic acid groups (broad SMARTS) is 1. The molecular weight excluding hydrogens is 182 g/mol. The number of hydrogen-bond acceptors (Lipinski definition) is 2. The van der Waals surface area contributed by atoms with Gasteiger partial charge in [-0.15, -0.1) is 11.6 Å². The van der Waals surface area contributed by atoms with Crippen molar-refractivity contribution < 1.29 is 14.7 Å². The van der Waals surface area contributed by atoms with E-state index in [1.807, 2.05) is 0 Å². The molecule has 0 aromatic carbocycles. The number of alkyl halides is 1. The van der Waals surface area contributed by atoms with Crippen molar-refractivity contribution >= 4 is 23.5 Å². The van der Waals surface area contributed by atoms with Crippen LogP contribution in [0, 0.1) is 0 Å². The van der Waals surface area contributed by atoms with Crippen molar-refractivity contribution in [1.82, 2.24) is 4.90 Å². The van der Waals surface area contributed by atoms with E-state index in [1.165, 1.54) is 4.90 Å². The predicted octanol–water partition coefficient (Wildman–Crippen LogP) is 0.937. The van der Waals surface area contributed by atoms with E-state index in [2.05, 4.69) is 0 Å². The quantitative estimate of drug-likeness (QED) is 0.628. The van der Waals surface area contributed by atoms with Gasteiger partial charge in [0.2, 0.25) is 0 Å². The number of carbonyl (C=O) groups is 2. The molecule has 0 bridgehead atoms. The second kappa shape index (κ2) is 3.76. The standard InChI is InChI=1S/C7H10ClNO3/c8-4-5-3-6(10)1-2-9(5)7(11)12/h5H,1-4H2,(H,11,12). The number of halogens is 1. The van der Waals surface area contributed by atoms with Gasteiger partial charge in [0, 0.05) is 25.3 Å². The Bertz CT molecular complexity index is 207. The number of rotatable bonds is 1. The van der Waals surface area contributed by atoms with Gasteiger partial charge in [-0.05, 0) is 0 Å². The van der Waals surface area contributed by atoms with Crippen molar-refractivity contribution in [2.45, 2.75) is 18.9 Å². The summed E-state index contributed by atoms with van der Waals surface area (Å²) in [6.45, 7) is 0.283. The van der Waals surface area contributed by atoms with Gasteiger partial charge < -0.3 is 10.0 Å². The molecule has 0 aromatic rings. The van der Waals surface area contributed by atoms with E-state index in [1.54, 1.807) is 0 Å². The molecule has 1 atom stereocenters. The maximum absolute atomic E-state index is 10.9. The van der Waals surface area contributed by atoms with Crippen LogP contribution >= 0.6 is 11.6 Å². The minimum absolute atomic E-state index is 0.0955. The number of carbonyl (C=O) groups excluding carboxylic acids is 1. The van der Waals surface area contributed by atoms with Crippen molar-refractivity contribution in [1.29, 1.82) is 0 Å². The van der Waals surface area contributed by atoms with E-state index in [4.69, 9.17) is 16.7 Å². The molecule has 68 valence electrons. The minimum atomic E-state index is -0.992. The van der Waals surface area contributed by atoms with Gasteiger partial charge >= 0.3 is 6.09 Å². The van der Waals surface area contributed by atoms with Gasteiger partial charge in [0.1, 0.15) is 5.78 Å². The average Bonchev–Trinajstić information content (AvgIpc) is 2.03. The molecular formula is C7H10ClNO3. The third kappa shape index (κ3) is 1.88. The van der Waals surface area contributed by atoms with E-state index in [-0.39, 0.29) is 30.7 Å². The summed E-state index contributed by atoms with van der Waals surface area (Å²) in [5, 5.41) is 8.68. The second-order valence-corrected chi connectivity index (χ2v) is 3.09. The predicted molar refractivity (Wildman–Crippen MR) is 43.5 cm³/mol. The highest BCUT2D eigenvalue weighted by Gasteiger charge is 2.29. The number of ketones is 1. The minimum Gasteiger partial charge on any atom is -0.465 e. The molecule has 0 spiro atoms. The summed E-state index contributed by atoms with van der Waals surface area (Å²) in [7, 11) is 0. The molecule has 1 fully saturated rings. The fourth-order valence-corrected chi connectivity index (χ4v) is 1.57. The third-order valence-corrected chi connectivity index (χ3v) is 2.32. The molecule has 0 aromatic heterocycles. The van der Waals surface area contributed by atoms with E-state index in [9.17, 15) is 9.59 Å². The number of hydrogen-bond donors (Lipinski definition) is 1. The molecule has 1 unspecified atom stereocenters. The first-order chi connectivity index (χ1) is 5.65. The lowest BCUT2D eigenvalue weighted by atomic mass is 10.0. The van der Waals surface area contributed by atoms with Crippen molar-refractivity contribution in [3.8, 4) is 0 Å². The van der Waals surface area contributed by atoms with Gasteiger partial charge in [-0.2, -0.15) is 0 Å². The lowest BCUT2D eigenvalue weighted by Crippen LogP contribution is -2.46. The van der Waals surface area contributed by atoms with Crippen LogP contribution in [-0.2, 0) is 4.79 Å². The van der Waals surface area contributed by atoms with Crippen LogP contribution in [0.4, 0.5) is 4.79 Å². The van der Waals surface area contributed by atoms with Crippen molar-refractivity contribution in [3.05, 3.63) is 0 Å². The van der Waals surface area contributed by atoms with Crippen LogP contribution in [0.15, 0.2) is 0 Å². The van der Waals surface area contributed by atoms with Gasteiger partial charge in [0.25, 0.3) is 0 Å². The van der Waals surface area contributed by atoms with Crippen LogP contribution in [-0.4, -0.2) is 40.3 Å². The van der Waals surface area contributed by atoms with Gasteiger partial charge in [-0.25, -0.2) is 4.79 Å². The van der Waals surface area contributed by atoms with Crippen LogP contribution < -0.4 is 0 Å². The fourth-order valence-electron chi connectivity index (χ4n) is 1.29. The molecule has 4 nitrogen and oxygen atoms in total. The third-order valence-electron chi connectivity index (χ3n) is 1.96. The molecule has 12 heavy (non-hydrogen) atoms. The maximum Gasteiger partial charge on any atom is 0.407 e. The number of amides is 1. The molecule has 0 radical (unpaired) electrons. The summed E-state index contributed by atoms with van der Waals surface area (Å²) in [5.74, 6) is 0.288. The molecule has 0 saturated carbocycles. The topological polar surface area (TPSA) is 57.6 Å². The first kappa shape index (κ1) is 9.32. The Morgan fingerprint density at radius 2 is 2.42 bits per heavy atom. The number of likely N-dealkylation sites (tertiary alicyclic amines) is 1. The van der Waals surface area contributed by atoms with Gasteiger partial charge in [-0.1, -0.05) is 0 Å². The zero-order chi connectivity index (χ0) is 9.14. The summed E-state index contributed by atoms with van der Waals surface area (Å²) in [4.78, 5) is 22.7. The normalized spacial score (nSPS) is 24.2. The van der Waals surface area contributed by atoms with Gasteiger partial charge in [0.05, 0.1) is 6.04 Å². The zero-order valence-corrected chi connectivity index (χ0v) is 7.25. The van der Waals surface area contributed by atoms with E-state index < -0.39 is 6.09 Å². The van der Waals surface area contributed by atoms with Gasteiger partial charge in [-0.3, -0.25) is 4.79 Å². The Morgan fingerprint density at radius 1 is 1.75 bits per heavy atom. The Balaban J connectivity index is 2.62. The SMILES string of the molecule is O=C1CCN(C(=O)O)C(CCl)C1. The van der Waals surface area contributed by atoms with Gasteiger partial charge in [0.15, 0.2) is 0 Å². The lowest BCUT2D eigenvalue weighted by molar-refractivity contribution is -0.122. The molecule has 1 amide bonds. The van der Waals surface area contributed by atoms with E-state index in [0.717, 1.165) is 0 Å². The molecule has 1 N–H and O–H groups in total. The van der Waals surface area contributed by atoms with Crippen LogP contribution in [0.1, 0.15) is 12.8 Å². The Labute approximate surface area is 75.1 Å². The van der Waals surface area contributed by atoms with Crippen molar-refractivity contribution in [2.75, 3.05) is 12.4 Å². The summed E-state index contributed by atoms with van der Waals surface area (Å²) in [6, 6.07) is -0.328. The van der Waals surface area contributed by atoms with Crippen LogP contribution in [0.2, 0.25) is 0 Å². The first-order valence-electron chi connectivity index (χ1n) is 3.72. The second-order valence-electron chi connectivity index (χ2n) is 2.78. The molecule has 1 rings (SSSR count). The average molecular weight is 192 g/mol. The Kier molecular flexibility index (Phi) is 2.92. The summed E-state index contributed by atoms with van der Waals surface area (Å²) in [5.41, 5.74) is 0. The summed E-state index contributed by atoms with van der Waals surface area (Å²) in [6.07, 6.45) is -0.414. The smallest absolute Gasteiger partial charge is 0.407 e. The zero-order valence-electron chi connectivity index (χ0n) is 6.49. The van der Waals surface area contributed by atoms with Crippen LogP contribution in [0.5, 0.6) is 0 Å². The molecule has 1 aliphatic rings. The first-order valence-corrected chi connectivity index (χ1v) is 4.26. The summed E-state index contributed by atoms with van der Waals surface area (Å²) >= 11 is 5.53.